The Morgan fingerprint density at radius 2 is 2.15 bits per heavy atom. The summed E-state index contributed by atoms with van der Waals surface area (Å²) in [6.07, 6.45) is 2.18. The van der Waals surface area contributed by atoms with E-state index in [9.17, 15) is 4.57 Å². The van der Waals surface area contributed by atoms with E-state index in [1.54, 1.807) is 6.08 Å². The number of rotatable bonds is 6. The third kappa shape index (κ3) is 7.53. The van der Waals surface area contributed by atoms with Gasteiger partial charge in [0.15, 0.2) is 0 Å². The molecule has 3 unspecified atom stereocenters. The maximum atomic E-state index is 10.7. The zero-order chi connectivity index (χ0) is 10.5. The lowest BCUT2D eigenvalue weighted by Crippen LogP contribution is -2.19. The van der Waals surface area contributed by atoms with Crippen LogP contribution in [0.5, 0.6) is 0 Å². The van der Waals surface area contributed by atoms with Crippen LogP contribution in [0.1, 0.15) is 6.42 Å². The molecule has 0 aromatic rings. The van der Waals surface area contributed by atoms with Gasteiger partial charge >= 0.3 is 7.60 Å². The molecule has 6 heteroatoms. The molecule has 0 radical (unpaired) electrons. The summed E-state index contributed by atoms with van der Waals surface area (Å²) in [7, 11) is -3.45. The summed E-state index contributed by atoms with van der Waals surface area (Å²) in [5, 5.41) is -0.814. The van der Waals surface area contributed by atoms with E-state index in [4.69, 9.17) is 28.1 Å². The fraction of sp³-hybridized carbons (Fsp3) is 0.714. The lowest BCUT2D eigenvalue weighted by atomic mass is 10.2. The van der Waals surface area contributed by atoms with Crippen LogP contribution in [0.25, 0.3) is 0 Å². The van der Waals surface area contributed by atoms with Crippen LogP contribution < -0.4 is 0 Å². The standard InChI is InChI=1S/C7H13Cl2O3P/c1-3-4-6(8)7(9)5-12-13(2,10)11/h3,6-7H,1,4-5H2,2H3,(H,10,11). The summed E-state index contributed by atoms with van der Waals surface area (Å²) < 4.78 is 15.3. The van der Waals surface area contributed by atoms with Crippen LogP contribution in [-0.2, 0) is 9.09 Å². The van der Waals surface area contributed by atoms with Crippen molar-refractivity contribution in [3.05, 3.63) is 12.7 Å². The molecule has 0 spiro atoms. The van der Waals surface area contributed by atoms with E-state index in [0.717, 1.165) is 6.66 Å². The molecule has 0 aromatic carbocycles. The van der Waals surface area contributed by atoms with Gasteiger partial charge in [-0.25, -0.2) is 0 Å². The fourth-order valence-electron chi connectivity index (χ4n) is 0.621. The van der Waals surface area contributed by atoms with Crippen molar-refractivity contribution in [1.82, 2.24) is 0 Å². The molecule has 0 bridgehead atoms. The quantitative estimate of drug-likeness (QED) is 0.445. The molecule has 3 atom stereocenters. The Morgan fingerprint density at radius 1 is 1.62 bits per heavy atom. The molecule has 0 amide bonds. The smallest absolute Gasteiger partial charge is 0.324 e. The summed E-state index contributed by atoms with van der Waals surface area (Å²) >= 11 is 11.6. The predicted octanol–water partition coefficient (Wildman–Crippen LogP) is 2.61. The Morgan fingerprint density at radius 3 is 2.54 bits per heavy atom. The second-order valence-corrected chi connectivity index (χ2v) is 5.64. The number of allylic oxidation sites excluding steroid dienone is 1. The van der Waals surface area contributed by atoms with Crippen molar-refractivity contribution >= 4 is 30.8 Å². The molecule has 0 aliphatic carbocycles. The minimum Gasteiger partial charge on any atom is -0.324 e. The van der Waals surface area contributed by atoms with E-state index in [-0.39, 0.29) is 12.0 Å². The highest BCUT2D eigenvalue weighted by Gasteiger charge is 2.19. The largest absolute Gasteiger partial charge is 0.325 e. The van der Waals surface area contributed by atoms with Gasteiger partial charge in [0.25, 0.3) is 0 Å². The summed E-state index contributed by atoms with van der Waals surface area (Å²) in [6.45, 7) is 4.57. The third-order valence-electron chi connectivity index (χ3n) is 1.26. The molecular weight excluding hydrogens is 234 g/mol. The number of alkyl halides is 2. The van der Waals surface area contributed by atoms with Crippen LogP contribution in [0.4, 0.5) is 0 Å². The summed E-state index contributed by atoms with van der Waals surface area (Å²) in [5.74, 6) is 0. The topological polar surface area (TPSA) is 46.5 Å². The van der Waals surface area contributed by atoms with Crippen LogP contribution in [0.2, 0.25) is 0 Å². The van der Waals surface area contributed by atoms with Crippen LogP contribution >= 0.6 is 30.8 Å². The monoisotopic (exact) mass is 246 g/mol. The highest BCUT2D eigenvalue weighted by Crippen LogP contribution is 2.37. The lowest BCUT2D eigenvalue weighted by Gasteiger charge is -2.15. The molecule has 13 heavy (non-hydrogen) atoms. The van der Waals surface area contributed by atoms with Gasteiger partial charge in [0.1, 0.15) is 0 Å². The maximum Gasteiger partial charge on any atom is 0.325 e. The maximum absolute atomic E-state index is 10.7. The highest BCUT2D eigenvalue weighted by atomic mass is 35.5. The summed E-state index contributed by atoms with van der Waals surface area (Å²) in [6, 6.07) is 0. The van der Waals surface area contributed by atoms with Gasteiger partial charge in [0, 0.05) is 6.66 Å². The van der Waals surface area contributed by atoms with Crippen molar-refractivity contribution in [2.75, 3.05) is 13.3 Å². The molecule has 0 rings (SSSR count). The summed E-state index contributed by atoms with van der Waals surface area (Å²) in [5.41, 5.74) is 0. The Hall–Kier alpha value is 0.470. The van der Waals surface area contributed by atoms with Crippen LogP contribution in [0.3, 0.4) is 0 Å². The Labute approximate surface area is 88.2 Å². The van der Waals surface area contributed by atoms with Crippen LogP contribution in [-0.4, -0.2) is 28.9 Å². The van der Waals surface area contributed by atoms with Gasteiger partial charge < -0.3 is 9.42 Å². The van der Waals surface area contributed by atoms with E-state index in [1.807, 2.05) is 0 Å². The van der Waals surface area contributed by atoms with Gasteiger partial charge in [-0.15, -0.1) is 29.8 Å². The van der Waals surface area contributed by atoms with Crippen molar-refractivity contribution in [3.63, 3.8) is 0 Å². The second kappa shape index (κ2) is 6.05. The molecule has 0 saturated heterocycles. The minimum absolute atomic E-state index is 0.0339. The molecular formula is C7H13Cl2O3P. The van der Waals surface area contributed by atoms with Crippen molar-refractivity contribution in [2.45, 2.75) is 17.2 Å². The molecule has 0 aromatic heterocycles. The van der Waals surface area contributed by atoms with E-state index >= 15 is 0 Å². The van der Waals surface area contributed by atoms with Crippen molar-refractivity contribution in [3.8, 4) is 0 Å². The van der Waals surface area contributed by atoms with Crippen LogP contribution in [0, 0.1) is 0 Å². The first kappa shape index (κ1) is 13.5. The Kier molecular flexibility index (Phi) is 6.27. The van der Waals surface area contributed by atoms with E-state index in [0.29, 0.717) is 6.42 Å². The molecule has 0 saturated carbocycles. The van der Waals surface area contributed by atoms with Crippen molar-refractivity contribution in [1.29, 1.82) is 0 Å². The van der Waals surface area contributed by atoms with Gasteiger partial charge in [-0.3, -0.25) is 4.57 Å². The SMILES string of the molecule is C=CCC(Cl)C(Cl)COP(C)(=O)O. The first-order valence-electron chi connectivity index (χ1n) is 3.70. The second-order valence-electron chi connectivity index (χ2n) is 2.66. The zero-order valence-electron chi connectivity index (χ0n) is 7.32. The average molecular weight is 247 g/mol. The fourth-order valence-corrected chi connectivity index (χ4v) is 1.51. The average Bonchev–Trinajstić information content (AvgIpc) is 1.99. The number of hydrogen-bond donors (Lipinski definition) is 1. The van der Waals surface area contributed by atoms with Gasteiger partial charge in [-0.1, -0.05) is 6.08 Å². The van der Waals surface area contributed by atoms with Gasteiger partial charge in [0.2, 0.25) is 0 Å². The predicted molar refractivity (Wildman–Crippen MR) is 55.8 cm³/mol. The Bertz CT molecular complexity index is 204. The van der Waals surface area contributed by atoms with E-state index < -0.39 is 13.0 Å². The van der Waals surface area contributed by atoms with Gasteiger partial charge in [-0.05, 0) is 6.42 Å². The third-order valence-corrected chi connectivity index (χ3v) is 2.93. The first-order valence-corrected chi connectivity index (χ1v) is 6.60. The number of hydrogen-bond acceptors (Lipinski definition) is 2. The molecule has 0 heterocycles. The van der Waals surface area contributed by atoms with Crippen molar-refractivity contribution in [2.24, 2.45) is 0 Å². The van der Waals surface area contributed by atoms with Crippen LogP contribution in [0.15, 0.2) is 12.7 Å². The van der Waals surface area contributed by atoms with E-state index in [1.165, 1.54) is 0 Å². The van der Waals surface area contributed by atoms with Gasteiger partial charge in [0.05, 0.1) is 17.4 Å². The molecule has 1 N–H and O–H groups in total. The number of halogens is 2. The normalized spacial score (nSPS) is 20.3. The first-order chi connectivity index (χ1) is 5.87. The van der Waals surface area contributed by atoms with Crippen molar-refractivity contribution < 1.29 is 14.0 Å². The molecule has 0 fully saturated rings. The molecule has 0 aliphatic heterocycles. The Balaban J connectivity index is 3.80. The highest BCUT2D eigenvalue weighted by molar-refractivity contribution is 7.51. The molecule has 78 valence electrons. The lowest BCUT2D eigenvalue weighted by molar-refractivity contribution is 0.262. The molecule has 3 nitrogen and oxygen atoms in total. The summed E-state index contributed by atoms with van der Waals surface area (Å²) in [4.78, 5) is 8.79. The van der Waals surface area contributed by atoms with Gasteiger partial charge in [-0.2, -0.15) is 0 Å². The minimum atomic E-state index is -3.45. The van der Waals surface area contributed by atoms with E-state index in [2.05, 4.69) is 11.1 Å². The zero-order valence-corrected chi connectivity index (χ0v) is 9.73. The molecule has 0 aliphatic rings.